The smallest absolute Gasteiger partial charge is 0.319 e. The molecule has 0 aromatic heterocycles. The summed E-state index contributed by atoms with van der Waals surface area (Å²) in [6.45, 7) is 0.634. The van der Waals surface area contributed by atoms with Gasteiger partial charge in [0.2, 0.25) is 5.91 Å². The maximum Gasteiger partial charge on any atom is 0.319 e. The van der Waals surface area contributed by atoms with Crippen molar-refractivity contribution < 1.29 is 18.0 Å². The second-order valence-corrected chi connectivity index (χ2v) is 9.14. The highest BCUT2D eigenvalue weighted by Crippen LogP contribution is 2.30. The zero-order valence-electron chi connectivity index (χ0n) is 14.7. The Morgan fingerprint density at radius 1 is 1.00 bits per heavy atom. The van der Waals surface area contributed by atoms with E-state index in [4.69, 9.17) is 0 Å². The highest BCUT2D eigenvalue weighted by molar-refractivity contribution is 7.92. The predicted molar refractivity (Wildman–Crippen MR) is 98.7 cm³/mol. The fraction of sp³-hybridized carbons (Fsp3) is 0.556. The van der Waals surface area contributed by atoms with Crippen LogP contribution in [-0.2, 0) is 14.6 Å². The van der Waals surface area contributed by atoms with Crippen LogP contribution in [0.15, 0.2) is 29.2 Å². The molecule has 0 radical (unpaired) electrons. The first-order valence-electron chi connectivity index (χ1n) is 9.16. The number of rotatable bonds is 4. The van der Waals surface area contributed by atoms with Gasteiger partial charge < -0.3 is 16.0 Å². The first-order chi connectivity index (χ1) is 12.5. The third-order valence-corrected chi connectivity index (χ3v) is 7.30. The zero-order valence-corrected chi connectivity index (χ0v) is 15.5. The number of amides is 3. The van der Waals surface area contributed by atoms with Crippen LogP contribution < -0.4 is 16.0 Å². The van der Waals surface area contributed by atoms with Gasteiger partial charge in [0.25, 0.3) is 0 Å². The molecule has 1 heterocycles. The van der Waals surface area contributed by atoms with E-state index < -0.39 is 21.9 Å². The van der Waals surface area contributed by atoms with E-state index in [0.717, 1.165) is 25.7 Å². The lowest BCUT2D eigenvalue weighted by molar-refractivity contribution is -0.122. The molecule has 142 valence electrons. The normalized spacial score (nSPS) is 21.7. The van der Waals surface area contributed by atoms with Gasteiger partial charge in [-0.3, -0.25) is 4.79 Å². The molecule has 8 heteroatoms. The van der Waals surface area contributed by atoms with E-state index in [2.05, 4.69) is 16.0 Å². The van der Waals surface area contributed by atoms with Gasteiger partial charge in [0.15, 0.2) is 9.84 Å². The lowest BCUT2D eigenvalue weighted by Gasteiger charge is -2.16. The molecule has 1 aliphatic heterocycles. The molecule has 7 nitrogen and oxygen atoms in total. The van der Waals surface area contributed by atoms with Gasteiger partial charge in [-0.25, -0.2) is 13.2 Å². The fourth-order valence-electron chi connectivity index (χ4n) is 3.52. The number of hydrogen-bond acceptors (Lipinski definition) is 4. The molecule has 3 N–H and O–H groups in total. The minimum Gasteiger partial charge on any atom is -0.354 e. The molecule has 1 aromatic rings. The van der Waals surface area contributed by atoms with Gasteiger partial charge in [-0.05, 0) is 56.4 Å². The van der Waals surface area contributed by atoms with Gasteiger partial charge >= 0.3 is 6.03 Å². The summed E-state index contributed by atoms with van der Waals surface area (Å²) in [7, 11) is -3.30. The SMILES string of the molecule is O=C(Nc1ccc(S(=O)(=O)C2CCCC2)cc1)NC1CCCCNC1=O. The van der Waals surface area contributed by atoms with Crippen LogP contribution in [0, 0.1) is 0 Å². The minimum atomic E-state index is -3.30. The van der Waals surface area contributed by atoms with Crippen LogP contribution in [0.2, 0.25) is 0 Å². The standard InChI is InChI=1S/C18H25N3O4S/c22-17-16(7-3-4-12-19-17)21-18(23)20-13-8-10-15(11-9-13)26(24,25)14-5-1-2-6-14/h8-11,14,16H,1-7,12H2,(H,19,22)(H2,20,21,23). The molecule has 2 fully saturated rings. The van der Waals surface area contributed by atoms with Crippen LogP contribution in [0.4, 0.5) is 10.5 Å². The number of sulfone groups is 1. The third kappa shape index (κ3) is 4.35. The summed E-state index contributed by atoms with van der Waals surface area (Å²) < 4.78 is 25.1. The van der Waals surface area contributed by atoms with Crippen LogP contribution in [0.3, 0.4) is 0 Å². The fourth-order valence-corrected chi connectivity index (χ4v) is 5.38. The van der Waals surface area contributed by atoms with E-state index in [1.807, 2.05) is 0 Å². The van der Waals surface area contributed by atoms with Crippen molar-refractivity contribution in [2.45, 2.75) is 61.1 Å². The number of urea groups is 1. The Morgan fingerprint density at radius 2 is 1.65 bits per heavy atom. The topological polar surface area (TPSA) is 104 Å². The maximum absolute atomic E-state index is 12.6. The number of nitrogens with one attached hydrogen (secondary N) is 3. The molecule has 3 rings (SSSR count). The summed E-state index contributed by atoms with van der Waals surface area (Å²) in [5, 5.41) is 7.79. The molecule has 0 bridgehead atoms. The molecular weight excluding hydrogens is 354 g/mol. The first-order valence-corrected chi connectivity index (χ1v) is 10.7. The van der Waals surface area contributed by atoms with Gasteiger partial charge in [0, 0.05) is 12.2 Å². The largest absolute Gasteiger partial charge is 0.354 e. The Morgan fingerprint density at radius 3 is 2.35 bits per heavy atom. The molecule has 26 heavy (non-hydrogen) atoms. The van der Waals surface area contributed by atoms with Crippen LogP contribution in [-0.4, -0.2) is 38.2 Å². The molecule has 1 unspecified atom stereocenters. The summed E-state index contributed by atoms with van der Waals surface area (Å²) >= 11 is 0. The van der Waals surface area contributed by atoms with Crippen LogP contribution in [0.5, 0.6) is 0 Å². The molecule has 1 saturated carbocycles. The Balaban J connectivity index is 1.60. The highest BCUT2D eigenvalue weighted by Gasteiger charge is 2.30. The Labute approximate surface area is 153 Å². The van der Waals surface area contributed by atoms with Crippen molar-refractivity contribution >= 4 is 27.5 Å². The van der Waals surface area contributed by atoms with Gasteiger partial charge in [0.05, 0.1) is 10.1 Å². The van der Waals surface area contributed by atoms with E-state index in [0.29, 0.717) is 36.4 Å². The van der Waals surface area contributed by atoms with Crippen molar-refractivity contribution in [3.8, 4) is 0 Å². The lowest BCUT2D eigenvalue weighted by atomic mass is 10.1. The maximum atomic E-state index is 12.6. The number of benzene rings is 1. The molecule has 0 spiro atoms. The molecule has 3 amide bonds. The molecule has 1 aromatic carbocycles. The van der Waals surface area contributed by atoms with E-state index >= 15 is 0 Å². The minimum absolute atomic E-state index is 0.171. The second-order valence-electron chi connectivity index (χ2n) is 6.91. The zero-order chi connectivity index (χ0) is 18.6. The van der Waals surface area contributed by atoms with E-state index in [-0.39, 0.29) is 11.2 Å². The summed E-state index contributed by atoms with van der Waals surface area (Å²) in [4.78, 5) is 24.3. The van der Waals surface area contributed by atoms with Crippen LogP contribution >= 0.6 is 0 Å². The van der Waals surface area contributed by atoms with Gasteiger partial charge in [-0.1, -0.05) is 12.8 Å². The number of carbonyl (C=O) groups excluding carboxylic acids is 2. The molecule has 2 aliphatic rings. The van der Waals surface area contributed by atoms with Crippen molar-refractivity contribution in [1.82, 2.24) is 10.6 Å². The lowest BCUT2D eigenvalue weighted by Crippen LogP contribution is -2.47. The Bertz CT molecular complexity index is 755. The Kier molecular flexibility index (Phi) is 5.80. The Hall–Kier alpha value is -2.09. The van der Waals surface area contributed by atoms with Crippen LogP contribution in [0.25, 0.3) is 0 Å². The molecular formula is C18H25N3O4S. The van der Waals surface area contributed by atoms with Crippen molar-refractivity contribution in [3.05, 3.63) is 24.3 Å². The van der Waals surface area contributed by atoms with Crippen molar-refractivity contribution in [2.24, 2.45) is 0 Å². The third-order valence-electron chi connectivity index (χ3n) is 5.02. The first kappa shape index (κ1) is 18.7. The van der Waals surface area contributed by atoms with Crippen LogP contribution in [0.1, 0.15) is 44.9 Å². The highest BCUT2D eigenvalue weighted by atomic mass is 32.2. The average Bonchev–Trinajstić information content (AvgIpc) is 3.09. The number of carbonyl (C=O) groups is 2. The van der Waals surface area contributed by atoms with Gasteiger partial charge in [0.1, 0.15) is 6.04 Å². The summed E-state index contributed by atoms with van der Waals surface area (Å²) in [6, 6.07) is 5.20. The van der Waals surface area contributed by atoms with E-state index in [9.17, 15) is 18.0 Å². The van der Waals surface area contributed by atoms with Gasteiger partial charge in [-0.15, -0.1) is 0 Å². The quantitative estimate of drug-likeness (QED) is 0.746. The van der Waals surface area contributed by atoms with Crippen molar-refractivity contribution in [2.75, 3.05) is 11.9 Å². The number of anilines is 1. The monoisotopic (exact) mass is 379 g/mol. The second kappa shape index (κ2) is 8.07. The number of hydrogen-bond donors (Lipinski definition) is 3. The summed E-state index contributed by atoms with van der Waals surface area (Å²) in [5.74, 6) is -0.171. The predicted octanol–water partition coefficient (Wildman–Crippen LogP) is 2.19. The van der Waals surface area contributed by atoms with E-state index in [1.54, 1.807) is 12.1 Å². The van der Waals surface area contributed by atoms with Gasteiger partial charge in [-0.2, -0.15) is 0 Å². The van der Waals surface area contributed by atoms with Crippen molar-refractivity contribution in [3.63, 3.8) is 0 Å². The summed E-state index contributed by atoms with van der Waals surface area (Å²) in [5.41, 5.74) is 0.488. The molecule has 1 aliphatic carbocycles. The summed E-state index contributed by atoms with van der Waals surface area (Å²) in [6.07, 6.45) is 5.73. The van der Waals surface area contributed by atoms with E-state index in [1.165, 1.54) is 12.1 Å². The molecule has 1 atom stereocenters. The van der Waals surface area contributed by atoms with Crippen molar-refractivity contribution in [1.29, 1.82) is 0 Å². The average molecular weight is 379 g/mol. The molecule has 1 saturated heterocycles.